The summed E-state index contributed by atoms with van der Waals surface area (Å²) in [7, 11) is 0. The van der Waals surface area contributed by atoms with Gasteiger partial charge in [-0.3, -0.25) is 0 Å². The van der Waals surface area contributed by atoms with Gasteiger partial charge in [-0.15, -0.1) is 0 Å². The van der Waals surface area contributed by atoms with Gasteiger partial charge in [0.15, 0.2) is 5.72 Å². The molecule has 6 nitrogen and oxygen atoms in total. The van der Waals surface area contributed by atoms with Gasteiger partial charge in [0.2, 0.25) is 0 Å². The monoisotopic (exact) mass is 173 g/mol. The summed E-state index contributed by atoms with van der Waals surface area (Å²) in [4.78, 5) is 2.53. The third kappa shape index (κ3) is 1.37. The molecule has 0 aromatic carbocycles. The van der Waals surface area contributed by atoms with Crippen LogP contribution in [0.4, 0.5) is 0 Å². The molecule has 0 radical (unpaired) electrons. The molecule has 6 heteroatoms. The van der Waals surface area contributed by atoms with Gasteiger partial charge in [-0.05, 0) is 12.5 Å². The van der Waals surface area contributed by atoms with Crippen molar-refractivity contribution in [3.63, 3.8) is 0 Å². The molecule has 1 saturated heterocycles. The van der Waals surface area contributed by atoms with E-state index >= 15 is 0 Å². The van der Waals surface area contributed by atoms with Crippen LogP contribution in [0.25, 0.3) is 10.4 Å². The van der Waals surface area contributed by atoms with E-state index in [4.69, 9.17) is 15.4 Å². The second-order valence-electron chi connectivity index (χ2n) is 2.87. The Morgan fingerprint density at radius 2 is 2.50 bits per heavy atom. The molecular weight excluding hydrogens is 162 g/mol. The van der Waals surface area contributed by atoms with E-state index in [0.717, 1.165) is 0 Å². The van der Waals surface area contributed by atoms with Crippen molar-refractivity contribution in [2.45, 2.75) is 31.3 Å². The maximum absolute atomic E-state index is 9.39. The summed E-state index contributed by atoms with van der Waals surface area (Å²) in [5, 5.41) is 21.5. The molecule has 0 aromatic rings. The highest BCUT2D eigenvalue weighted by atomic mass is 16.6. The fourth-order valence-corrected chi connectivity index (χ4v) is 1.31. The van der Waals surface area contributed by atoms with Gasteiger partial charge in [0.1, 0.15) is 0 Å². The summed E-state index contributed by atoms with van der Waals surface area (Å²) >= 11 is 0. The largest absolute Gasteiger partial charge is 0.393 e. The van der Waals surface area contributed by atoms with Crippen LogP contribution in [0.5, 0.6) is 0 Å². The molecule has 1 rings (SSSR count). The number of aliphatic hydroxyl groups excluding tert-OH is 2. The highest BCUT2D eigenvalue weighted by Gasteiger charge is 2.45. The molecule has 0 bridgehead atoms. The Kier molecular flexibility index (Phi) is 2.54. The summed E-state index contributed by atoms with van der Waals surface area (Å²) in [5.41, 5.74) is 6.72. The Labute approximate surface area is 69.4 Å². The van der Waals surface area contributed by atoms with Crippen LogP contribution in [0.15, 0.2) is 5.11 Å². The lowest BCUT2D eigenvalue weighted by Gasteiger charge is -2.23. The summed E-state index contributed by atoms with van der Waals surface area (Å²) < 4.78 is 5.13. The predicted molar refractivity (Wildman–Crippen MR) is 40.1 cm³/mol. The average Bonchev–Trinajstić information content (AvgIpc) is 2.28. The van der Waals surface area contributed by atoms with E-state index < -0.39 is 18.4 Å². The number of hydrogen-bond acceptors (Lipinski definition) is 4. The third-order valence-electron chi connectivity index (χ3n) is 1.92. The van der Waals surface area contributed by atoms with Crippen LogP contribution in [0.3, 0.4) is 0 Å². The van der Waals surface area contributed by atoms with Gasteiger partial charge >= 0.3 is 0 Å². The zero-order valence-electron chi connectivity index (χ0n) is 6.71. The molecule has 1 aliphatic heterocycles. The van der Waals surface area contributed by atoms with Gasteiger partial charge in [-0.25, -0.2) is 0 Å². The van der Waals surface area contributed by atoms with Gasteiger partial charge < -0.3 is 14.9 Å². The van der Waals surface area contributed by atoms with Gasteiger partial charge in [-0.1, -0.05) is 5.11 Å². The highest BCUT2D eigenvalue weighted by Crippen LogP contribution is 2.31. The fraction of sp³-hybridized carbons (Fsp3) is 1.00. The molecular formula is C6H11N3O3. The van der Waals surface area contributed by atoms with E-state index in [0.29, 0.717) is 6.42 Å². The number of aliphatic hydroxyl groups is 2. The van der Waals surface area contributed by atoms with Crippen molar-refractivity contribution in [1.82, 2.24) is 0 Å². The van der Waals surface area contributed by atoms with Crippen molar-refractivity contribution >= 4 is 0 Å². The highest BCUT2D eigenvalue weighted by molar-refractivity contribution is 4.93. The first-order valence-electron chi connectivity index (χ1n) is 3.67. The molecule has 0 unspecified atom stereocenters. The molecule has 12 heavy (non-hydrogen) atoms. The Bertz CT molecular complexity index is 216. The molecule has 1 aliphatic rings. The lowest BCUT2D eigenvalue weighted by Crippen LogP contribution is -2.40. The molecule has 3 atom stereocenters. The normalized spacial score (nSPS) is 40.9. The second-order valence-corrected chi connectivity index (χ2v) is 2.87. The van der Waals surface area contributed by atoms with E-state index in [1.54, 1.807) is 6.92 Å². The molecule has 68 valence electrons. The van der Waals surface area contributed by atoms with Gasteiger partial charge in [0.05, 0.1) is 18.8 Å². The lowest BCUT2D eigenvalue weighted by molar-refractivity contribution is -0.103. The van der Waals surface area contributed by atoms with Gasteiger partial charge in [0.25, 0.3) is 0 Å². The zero-order chi connectivity index (χ0) is 9.19. The van der Waals surface area contributed by atoms with Crippen LogP contribution in [0, 0.1) is 0 Å². The zero-order valence-corrected chi connectivity index (χ0v) is 6.71. The van der Waals surface area contributed by atoms with Crippen LogP contribution in [0.1, 0.15) is 13.3 Å². The number of ether oxygens (including phenoxy) is 1. The minimum absolute atomic E-state index is 0.197. The molecule has 2 N–H and O–H groups in total. The average molecular weight is 173 g/mol. The smallest absolute Gasteiger partial charge is 0.195 e. The third-order valence-corrected chi connectivity index (χ3v) is 1.92. The van der Waals surface area contributed by atoms with Crippen LogP contribution < -0.4 is 0 Å². The summed E-state index contributed by atoms with van der Waals surface area (Å²) in [5.74, 6) is 0. The molecule has 0 aromatic heterocycles. The van der Waals surface area contributed by atoms with Crippen molar-refractivity contribution in [2.24, 2.45) is 5.11 Å². The fourth-order valence-electron chi connectivity index (χ4n) is 1.31. The molecule has 1 fully saturated rings. The standard InChI is InChI=1S/C6H11N3O3/c1-4-2-5(11)6(3-10,12-4)8-9-7/h4-5,10-11H,2-3H2,1H3/t4-,5-,6+/m0/s1. The summed E-state index contributed by atoms with van der Waals surface area (Å²) in [6, 6.07) is 0. The first kappa shape index (κ1) is 9.28. The van der Waals surface area contributed by atoms with Crippen LogP contribution in [-0.4, -0.2) is 34.8 Å². The Hall–Kier alpha value is -0.810. The van der Waals surface area contributed by atoms with Crippen LogP contribution in [-0.2, 0) is 4.74 Å². The van der Waals surface area contributed by atoms with Crippen LogP contribution in [0.2, 0.25) is 0 Å². The van der Waals surface area contributed by atoms with Crippen molar-refractivity contribution in [3.05, 3.63) is 10.4 Å². The SMILES string of the molecule is C[C@H]1C[C@H](O)[C@](CO)(N=[N+]=[N-])O1. The molecule has 0 saturated carbocycles. The Morgan fingerprint density at radius 3 is 2.83 bits per heavy atom. The first-order chi connectivity index (χ1) is 5.64. The van der Waals surface area contributed by atoms with Gasteiger partial charge in [0, 0.05) is 11.3 Å². The maximum Gasteiger partial charge on any atom is 0.195 e. The number of hydrogen-bond donors (Lipinski definition) is 2. The second kappa shape index (κ2) is 3.28. The number of nitrogens with zero attached hydrogens (tertiary/aromatic N) is 3. The molecule has 0 aliphatic carbocycles. The lowest BCUT2D eigenvalue weighted by atomic mass is 10.1. The van der Waals surface area contributed by atoms with E-state index in [9.17, 15) is 5.11 Å². The number of rotatable bonds is 2. The Balaban J connectivity index is 2.85. The van der Waals surface area contributed by atoms with E-state index in [1.807, 2.05) is 0 Å². The predicted octanol–water partition coefficient (Wildman–Crippen LogP) is 0.155. The van der Waals surface area contributed by atoms with Gasteiger partial charge in [-0.2, -0.15) is 0 Å². The first-order valence-corrected chi connectivity index (χ1v) is 3.67. The van der Waals surface area contributed by atoms with Crippen molar-refractivity contribution in [3.8, 4) is 0 Å². The van der Waals surface area contributed by atoms with E-state index in [1.165, 1.54) is 0 Å². The van der Waals surface area contributed by atoms with E-state index in [2.05, 4.69) is 10.0 Å². The Morgan fingerprint density at radius 1 is 1.83 bits per heavy atom. The van der Waals surface area contributed by atoms with E-state index in [-0.39, 0.29) is 6.10 Å². The van der Waals surface area contributed by atoms with Crippen molar-refractivity contribution in [1.29, 1.82) is 0 Å². The quantitative estimate of drug-likeness (QED) is 0.353. The molecule has 0 spiro atoms. The number of azide groups is 1. The van der Waals surface area contributed by atoms with Crippen LogP contribution >= 0.6 is 0 Å². The summed E-state index contributed by atoms with van der Waals surface area (Å²) in [6.45, 7) is 1.25. The molecule has 1 heterocycles. The van der Waals surface area contributed by atoms with Crippen molar-refractivity contribution in [2.75, 3.05) is 6.61 Å². The molecule has 0 amide bonds. The minimum atomic E-state index is -1.46. The topological polar surface area (TPSA) is 98.5 Å². The summed E-state index contributed by atoms with van der Waals surface area (Å²) in [6.07, 6.45) is -0.745. The van der Waals surface area contributed by atoms with Crippen molar-refractivity contribution < 1.29 is 14.9 Å². The minimum Gasteiger partial charge on any atom is -0.393 e. The maximum atomic E-state index is 9.39.